The zero-order chi connectivity index (χ0) is 27.6. The molecule has 0 saturated heterocycles. The Bertz CT molecular complexity index is 1590. The SMILES string of the molecule is CCOC(=O)C1=C(C)N=c2s/c(=C\c3cc(I)c(OCC)c(I)c3)c(=O)n2[C@H]1c1ccc(OC)cc1OC. The normalized spacial score (nSPS) is 15.1. The summed E-state index contributed by atoms with van der Waals surface area (Å²) >= 11 is 5.75. The Hall–Kier alpha value is -2.39. The van der Waals surface area contributed by atoms with Crippen LogP contribution in [0.2, 0.25) is 0 Å². The van der Waals surface area contributed by atoms with Crippen molar-refractivity contribution in [3.05, 3.63) is 79.6 Å². The minimum absolute atomic E-state index is 0.196. The maximum atomic E-state index is 13.9. The number of methoxy groups -OCH3 is 2. The number of benzene rings is 2. The summed E-state index contributed by atoms with van der Waals surface area (Å²) in [4.78, 5) is 32.2. The highest BCUT2D eigenvalue weighted by Crippen LogP contribution is 2.37. The average Bonchev–Trinajstić information content (AvgIpc) is 3.19. The van der Waals surface area contributed by atoms with Crippen LogP contribution in [-0.4, -0.2) is 38.0 Å². The van der Waals surface area contributed by atoms with E-state index < -0.39 is 12.0 Å². The molecule has 0 amide bonds. The molecule has 1 aliphatic rings. The highest BCUT2D eigenvalue weighted by molar-refractivity contribution is 14.1. The lowest BCUT2D eigenvalue weighted by molar-refractivity contribution is -0.139. The first-order valence-electron chi connectivity index (χ1n) is 11.8. The Morgan fingerprint density at radius 2 is 1.82 bits per heavy atom. The number of hydrogen-bond acceptors (Lipinski definition) is 8. The predicted molar refractivity (Wildman–Crippen MR) is 163 cm³/mol. The van der Waals surface area contributed by atoms with Gasteiger partial charge in [-0.2, -0.15) is 0 Å². The van der Waals surface area contributed by atoms with Crippen molar-refractivity contribution in [3.8, 4) is 17.2 Å². The van der Waals surface area contributed by atoms with E-state index in [-0.39, 0.29) is 12.2 Å². The molecule has 1 aliphatic heterocycles. The average molecular weight is 760 g/mol. The van der Waals surface area contributed by atoms with Gasteiger partial charge in [-0.15, -0.1) is 0 Å². The molecule has 2 heterocycles. The van der Waals surface area contributed by atoms with Crippen molar-refractivity contribution in [2.75, 3.05) is 27.4 Å². The fourth-order valence-electron chi connectivity index (χ4n) is 4.23. The van der Waals surface area contributed by atoms with Gasteiger partial charge >= 0.3 is 5.97 Å². The molecule has 200 valence electrons. The molecule has 0 fully saturated rings. The van der Waals surface area contributed by atoms with Gasteiger partial charge in [0.25, 0.3) is 5.56 Å². The number of fused-ring (bicyclic) bond motifs is 1. The number of ether oxygens (including phenoxy) is 4. The molecule has 0 N–H and O–H groups in total. The second-order valence-electron chi connectivity index (χ2n) is 8.16. The maximum absolute atomic E-state index is 13.9. The van der Waals surface area contributed by atoms with E-state index in [1.165, 1.54) is 18.4 Å². The van der Waals surface area contributed by atoms with Crippen LogP contribution in [0.1, 0.15) is 37.9 Å². The fraction of sp³-hybridized carbons (Fsp3) is 0.296. The first-order chi connectivity index (χ1) is 18.2. The van der Waals surface area contributed by atoms with Gasteiger partial charge in [0.1, 0.15) is 23.3 Å². The minimum atomic E-state index is -0.783. The summed E-state index contributed by atoms with van der Waals surface area (Å²) in [5.74, 6) is 1.38. The molecular formula is C27H26I2N2O6S. The van der Waals surface area contributed by atoms with Crippen LogP contribution >= 0.6 is 56.5 Å². The Morgan fingerprint density at radius 1 is 1.11 bits per heavy atom. The van der Waals surface area contributed by atoms with Gasteiger partial charge in [0.2, 0.25) is 0 Å². The van der Waals surface area contributed by atoms with Gasteiger partial charge in [-0.3, -0.25) is 9.36 Å². The third kappa shape index (κ3) is 5.50. The van der Waals surface area contributed by atoms with Gasteiger partial charge in [-0.1, -0.05) is 11.3 Å². The number of carbonyl (C=O) groups excluding carboxylic acids is 1. The maximum Gasteiger partial charge on any atom is 0.338 e. The Balaban J connectivity index is 1.96. The molecule has 0 spiro atoms. The van der Waals surface area contributed by atoms with E-state index in [4.69, 9.17) is 18.9 Å². The quantitative estimate of drug-likeness (QED) is 0.250. The Kier molecular flexibility index (Phi) is 9.19. The van der Waals surface area contributed by atoms with E-state index in [2.05, 4.69) is 50.2 Å². The number of hydrogen-bond donors (Lipinski definition) is 0. The summed E-state index contributed by atoms with van der Waals surface area (Å²) in [5, 5.41) is 0. The van der Waals surface area contributed by atoms with Crippen LogP contribution in [0.15, 0.2) is 51.4 Å². The van der Waals surface area contributed by atoms with Crippen molar-refractivity contribution < 1.29 is 23.7 Å². The summed E-state index contributed by atoms with van der Waals surface area (Å²) in [5.41, 5.74) is 2.02. The standard InChI is InChI=1S/C27H26I2N2O6S/c1-6-36-24-18(28)10-15(11-19(24)29)12-21-25(32)31-23(17-9-8-16(34-4)13-20(17)35-5)22(26(33)37-7-2)14(3)30-27(31)38-21/h8-13,23H,6-7H2,1-5H3/b21-12-/t23-/m0/s1. The lowest BCUT2D eigenvalue weighted by Gasteiger charge is -2.26. The molecule has 38 heavy (non-hydrogen) atoms. The Morgan fingerprint density at radius 3 is 2.42 bits per heavy atom. The van der Waals surface area contributed by atoms with Crippen LogP contribution in [0.25, 0.3) is 6.08 Å². The molecule has 2 aromatic carbocycles. The monoisotopic (exact) mass is 760 g/mol. The number of aromatic nitrogens is 1. The van der Waals surface area contributed by atoms with Gasteiger partial charge in [0.15, 0.2) is 4.80 Å². The second-order valence-corrected chi connectivity index (χ2v) is 11.5. The molecule has 0 bridgehead atoms. The van der Waals surface area contributed by atoms with Crippen LogP contribution in [0, 0.1) is 7.14 Å². The molecule has 8 nitrogen and oxygen atoms in total. The predicted octanol–water partition coefficient (Wildman–Crippen LogP) is 4.42. The lowest BCUT2D eigenvalue weighted by atomic mass is 9.95. The van der Waals surface area contributed by atoms with Crippen LogP contribution in [0.4, 0.5) is 0 Å². The van der Waals surface area contributed by atoms with Crippen LogP contribution < -0.4 is 29.1 Å². The highest BCUT2D eigenvalue weighted by Gasteiger charge is 2.35. The molecule has 4 rings (SSSR count). The number of nitrogens with zero attached hydrogens (tertiary/aromatic N) is 2. The van der Waals surface area contributed by atoms with E-state index in [1.54, 1.807) is 43.7 Å². The number of esters is 1. The number of rotatable bonds is 8. The van der Waals surface area contributed by atoms with Crippen molar-refractivity contribution in [2.45, 2.75) is 26.8 Å². The number of halogens is 2. The molecule has 1 atom stereocenters. The number of allylic oxidation sites excluding steroid dienone is 1. The van der Waals surface area contributed by atoms with Crippen molar-refractivity contribution in [3.63, 3.8) is 0 Å². The number of thiazole rings is 1. The van der Waals surface area contributed by atoms with Crippen molar-refractivity contribution in [1.82, 2.24) is 4.57 Å². The molecule has 11 heteroatoms. The summed E-state index contributed by atoms with van der Waals surface area (Å²) in [6.07, 6.45) is 1.84. The fourth-order valence-corrected chi connectivity index (χ4v) is 7.40. The van der Waals surface area contributed by atoms with E-state index >= 15 is 0 Å². The van der Waals surface area contributed by atoms with Gasteiger partial charge in [0, 0.05) is 11.6 Å². The summed E-state index contributed by atoms with van der Waals surface area (Å²) in [7, 11) is 3.10. The largest absolute Gasteiger partial charge is 0.497 e. The van der Waals surface area contributed by atoms with E-state index in [0.717, 1.165) is 18.5 Å². The Labute approximate surface area is 251 Å². The topological polar surface area (TPSA) is 88.4 Å². The van der Waals surface area contributed by atoms with Gasteiger partial charge in [-0.05, 0) is 102 Å². The molecule has 0 radical (unpaired) electrons. The first kappa shape index (κ1) is 28.6. The first-order valence-corrected chi connectivity index (χ1v) is 14.7. The molecule has 1 aromatic heterocycles. The van der Waals surface area contributed by atoms with Crippen LogP contribution in [0.3, 0.4) is 0 Å². The molecule has 3 aromatic rings. The molecule has 0 saturated carbocycles. The van der Waals surface area contributed by atoms with Crippen molar-refractivity contribution in [1.29, 1.82) is 0 Å². The van der Waals surface area contributed by atoms with Crippen LogP contribution in [0.5, 0.6) is 17.2 Å². The van der Waals surface area contributed by atoms with Crippen molar-refractivity contribution >= 4 is 68.6 Å². The van der Waals surface area contributed by atoms with Crippen LogP contribution in [-0.2, 0) is 9.53 Å². The van der Waals surface area contributed by atoms with E-state index in [0.29, 0.717) is 44.3 Å². The second kappa shape index (κ2) is 12.2. The summed E-state index contributed by atoms with van der Waals surface area (Å²) in [6, 6.07) is 8.47. The van der Waals surface area contributed by atoms with Gasteiger partial charge in [-0.25, -0.2) is 9.79 Å². The van der Waals surface area contributed by atoms with E-state index in [9.17, 15) is 9.59 Å². The summed E-state index contributed by atoms with van der Waals surface area (Å²) < 4.78 is 26.1. The lowest BCUT2D eigenvalue weighted by Crippen LogP contribution is -2.40. The molecular weight excluding hydrogens is 734 g/mol. The summed E-state index contributed by atoms with van der Waals surface area (Å²) in [6.45, 7) is 6.21. The highest BCUT2D eigenvalue weighted by atomic mass is 127. The zero-order valence-electron chi connectivity index (χ0n) is 21.5. The van der Waals surface area contributed by atoms with Gasteiger partial charge < -0.3 is 18.9 Å². The van der Waals surface area contributed by atoms with E-state index in [1.807, 2.05) is 25.1 Å². The van der Waals surface area contributed by atoms with Crippen molar-refractivity contribution in [2.24, 2.45) is 4.99 Å². The van der Waals surface area contributed by atoms with Gasteiger partial charge in [0.05, 0.1) is 50.4 Å². The zero-order valence-corrected chi connectivity index (χ0v) is 26.6. The third-order valence-corrected chi connectivity index (χ3v) is 8.44. The minimum Gasteiger partial charge on any atom is -0.497 e. The molecule has 0 aliphatic carbocycles. The third-order valence-electron chi connectivity index (χ3n) is 5.86. The number of carbonyl (C=O) groups is 1. The smallest absolute Gasteiger partial charge is 0.338 e. The molecule has 0 unspecified atom stereocenters.